The Morgan fingerprint density at radius 2 is 1.75 bits per heavy atom. The van der Waals surface area contributed by atoms with E-state index in [1.807, 2.05) is 0 Å². The molecule has 0 aromatic heterocycles. The molecule has 74 valence electrons. The van der Waals surface area contributed by atoms with Gasteiger partial charge >= 0.3 is 6.18 Å². The van der Waals surface area contributed by atoms with Crippen molar-refractivity contribution in [3.05, 3.63) is 0 Å². The van der Waals surface area contributed by atoms with Gasteiger partial charge < -0.3 is 5.73 Å². The van der Waals surface area contributed by atoms with Gasteiger partial charge in [0.05, 0.1) is 5.92 Å². The van der Waals surface area contributed by atoms with Gasteiger partial charge in [-0.3, -0.25) is 0 Å². The highest BCUT2D eigenvalue weighted by molar-refractivity contribution is 5.85. The molecular weight excluding hydrogens is 191 g/mol. The molecule has 0 radical (unpaired) electrons. The lowest BCUT2D eigenvalue weighted by Crippen LogP contribution is -2.43. The molecule has 0 bridgehead atoms. The normalized spacial score (nSPS) is 31.8. The summed E-state index contributed by atoms with van der Waals surface area (Å²) in [4.78, 5) is 0. The quantitative estimate of drug-likeness (QED) is 0.696. The highest BCUT2D eigenvalue weighted by Crippen LogP contribution is 2.45. The van der Waals surface area contributed by atoms with Crippen LogP contribution in [0.2, 0.25) is 0 Å². The van der Waals surface area contributed by atoms with Crippen LogP contribution in [0.25, 0.3) is 0 Å². The number of halogens is 4. The Morgan fingerprint density at radius 1 is 1.33 bits per heavy atom. The number of rotatable bonds is 1. The fourth-order valence-electron chi connectivity index (χ4n) is 1.36. The van der Waals surface area contributed by atoms with Gasteiger partial charge in [0.1, 0.15) is 0 Å². The van der Waals surface area contributed by atoms with Crippen LogP contribution in [0, 0.1) is 11.8 Å². The van der Waals surface area contributed by atoms with Gasteiger partial charge in [-0.2, -0.15) is 13.2 Å². The minimum atomic E-state index is -3.99. The average Bonchev–Trinajstić information content (AvgIpc) is 1.51. The number of hydrogen-bond acceptors (Lipinski definition) is 1. The highest BCUT2D eigenvalue weighted by atomic mass is 35.5. The molecule has 0 spiro atoms. The predicted octanol–water partition coefficient (Wildman–Crippen LogP) is 2.34. The summed E-state index contributed by atoms with van der Waals surface area (Å²) in [7, 11) is 0. The van der Waals surface area contributed by atoms with E-state index in [1.54, 1.807) is 6.92 Å². The molecule has 1 unspecified atom stereocenters. The van der Waals surface area contributed by atoms with Gasteiger partial charge in [-0.1, -0.05) is 0 Å². The van der Waals surface area contributed by atoms with E-state index in [-0.39, 0.29) is 37.2 Å². The predicted molar refractivity (Wildman–Crippen MR) is 43.2 cm³/mol. The van der Waals surface area contributed by atoms with Crippen LogP contribution >= 0.6 is 12.4 Å². The molecule has 1 aliphatic rings. The first-order chi connectivity index (χ1) is 4.91. The molecule has 0 heterocycles. The van der Waals surface area contributed by atoms with Crippen LogP contribution < -0.4 is 5.73 Å². The lowest BCUT2D eigenvalue weighted by Gasteiger charge is -2.38. The molecule has 0 saturated heterocycles. The van der Waals surface area contributed by atoms with Crippen molar-refractivity contribution in [1.29, 1.82) is 0 Å². The largest absolute Gasteiger partial charge is 0.391 e. The van der Waals surface area contributed by atoms with Crippen molar-refractivity contribution in [1.82, 2.24) is 0 Å². The number of hydrogen-bond donors (Lipinski definition) is 1. The molecule has 5 heteroatoms. The molecule has 1 atom stereocenters. The molecule has 2 N–H and O–H groups in total. The number of alkyl halides is 3. The third-order valence-corrected chi connectivity index (χ3v) is 2.38. The summed E-state index contributed by atoms with van der Waals surface area (Å²) in [5, 5.41) is 0. The Morgan fingerprint density at radius 3 is 2.00 bits per heavy atom. The van der Waals surface area contributed by atoms with Crippen molar-refractivity contribution in [3.63, 3.8) is 0 Å². The van der Waals surface area contributed by atoms with Crippen molar-refractivity contribution < 1.29 is 13.2 Å². The van der Waals surface area contributed by atoms with Crippen LogP contribution in [0.5, 0.6) is 0 Å². The maximum Gasteiger partial charge on any atom is 0.391 e. The van der Waals surface area contributed by atoms with E-state index in [4.69, 9.17) is 5.73 Å². The third kappa shape index (κ3) is 2.52. The van der Waals surface area contributed by atoms with Crippen LogP contribution in [-0.2, 0) is 0 Å². The summed E-state index contributed by atoms with van der Waals surface area (Å²) in [5.41, 5.74) is 5.44. The van der Waals surface area contributed by atoms with Crippen molar-refractivity contribution in [2.75, 3.05) is 0 Å². The van der Waals surface area contributed by atoms with Crippen LogP contribution in [0.15, 0.2) is 0 Å². The van der Waals surface area contributed by atoms with Crippen molar-refractivity contribution in [3.8, 4) is 0 Å². The van der Waals surface area contributed by atoms with Crippen molar-refractivity contribution in [2.24, 2.45) is 17.6 Å². The molecule has 0 amide bonds. The molecule has 1 nitrogen and oxygen atoms in total. The second-order valence-corrected chi connectivity index (χ2v) is 3.33. The van der Waals surface area contributed by atoms with Crippen molar-refractivity contribution in [2.45, 2.75) is 32.0 Å². The van der Waals surface area contributed by atoms with Gasteiger partial charge in [0.2, 0.25) is 0 Å². The fourth-order valence-corrected chi connectivity index (χ4v) is 1.36. The maximum atomic E-state index is 11.9. The minimum absolute atomic E-state index is 0. The SMILES string of the molecule is CC(N)C1CC(C(F)(F)F)C1.Cl. The summed E-state index contributed by atoms with van der Waals surface area (Å²) in [6, 6.07) is -0.0893. The van der Waals surface area contributed by atoms with E-state index in [0.29, 0.717) is 0 Å². The van der Waals surface area contributed by atoms with E-state index >= 15 is 0 Å². The smallest absolute Gasteiger partial charge is 0.328 e. The summed E-state index contributed by atoms with van der Waals surface area (Å²) in [6.07, 6.45) is -3.55. The second kappa shape index (κ2) is 3.83. The van der Waals surface area contributed by atoms with E-state index in [1.165, 1.54) is 0 Å². The van der Waals surface area contributed by atoms with Gasteiger partial charge in [-0.25, -0.2) is 0 Å². The zero-order chi connectivity index (χ0) is 8.65. The Bertz CT molecular complexity index is 140. The van der Waals surface area contributed by atoms with Crippen molar-refractivity contribution >= 4 is 12.4 Å². The summed E-state index contributed by atoms with van der Waals surface area (Å²) < 4.78 is 35.7. The second-order valence-electron chi connectivity index (χ2n) is 3.33. The molecule has 1 saturated carbocycles. The zero-order valence-corrected chi connectivity index (χ0v) is 7.58. The lowest BCUT2D eigenvalue weighted by molar-refractivity contribution is -0.205. The van der Waals surface area contributed by atoms with E-state index < -0.39 is 12.1 Å². The topological polar surface area (TPSA) is 26.0 Å². The Kier molecular flexibility index (Phi) is 3.85. The first-order valence-corrected chi connectivity index (χ1v) is 3.73. The molecular formula is C7H13ClF3N. The van der Waals surface area contributed by atoms with E-state index in [9.17, 15) is 13.2 Å². The monoisotopic (exact) mass is 203 g/mol. The molecule has 1 fully saturated rings. The Labute approximate surface area is 75.9 Å². The number of nitrogens with two attached hydrogens (primary N) is 1. The zero-order valence-electron chi connectivity index (χ0n) is 6.77. The molecule has 0 aliphatic heterocycles. The standard InChI is InChI=1S/C7H12F3N.ClH/c1-4(11)5-2-6(3-5)7(8,9)10;/h4-6H,2-3,11H2,1H3;1H. The molecule has 1 rings (SSSR count). The van der Waals surface area contributed by atoms with E-state index in [2.05, 4.69) is 0 Å². The first kappa shape index (κ1) is 12.0. The van der Waals surface area contributed by atoms with Gasteiger partial charge in [0.25, 0.3) is 0 Å². The van der Waals surface area contributed by atoms with Gasteiger partial charge in [0.15, 0.2) is 0 Å². The van der Waals surface area contributed by atoms with Crippen LogP contribution in [0.4, 0.5) is 13.2 Å². The minimum Gasteiger partial charge on any atom is -0.328 e. The van der Waals surface area contributed by atoms with Crippen LogP contribution in [0.3, 0.4) is 0 Å². The Balaban J connectivity index is 0.00000121. The maximum absolute atomic E-state index is 11.9. The molecule has 1 aliphatic carbocycles. The van der Waals surface area contributed by atoms with Crippen LogP contribution in [-0.4, -0.2) is 12.2 Å². The van der Waals surface area contributed by atoms with Gasteiger partial charge in [-0.15, -0.1) is 12.4 Å². The summed E-state index contributed by atoms with van der Waals surface area (Å²) >= 11 is 0. The average molecular weight is 204 g/mol. The molecule has 0 aromatic rings. The first-order valence-electron chi connectivity index (χ1n) is 3.73. The van der Waals surface area contributed by atoms with Gasteiger partial charge in [0, 0.05) is 6.04 Å². The molecule has 0 aromatic carbocycles. The molecule has 12 heavy (non-hydrogen) atoms. The van der Waals surface area contributed by atoms with E-state index in [0.717, 1.165) is 0 Å². The fraction of sp³-hybridized carbons (Fsp3) is 1.00. The van der Waals surface area contributed by atoms with Gasteiger partial charge in [-0.05, 0) is 25.7 Å². The van der Waals surface area contributed by atoms with Crippen LogP contribution in [0.1, 0.15) is 19.8 Å². The highest BCUT2D eigenvalue weighted by Gasteiger charge is 2.48. The summed E-state index contributed by atoms with van der Waals surface area (Å²) in [5.74, 6) is -1.000. The third-order valence-electron chi connectivity index (χ3n) is 2.38. The lowest BCUT2D eigenvalue weighted by atomic mass is 9.71. The Hall–Kier alpha value is 0.0400. The summed E-state index contributed by atoms with van der Waals surface area (Å²) in [6.45, 7) is 1.76.